The highest BCUT2D eigenvalue weighted by Gasteiger charge is 2.34. The van der Waals surface area contributed by atoms with Gasteiger partial charge in [0.15, 0.2) is 7.14 Å². The van der Waals surface area contributed by atoms with Crippen LogP contribution in [0.4, 0.5) is 0 Å². The Morgan fingerprint density at radius 1 is 0.422 bits per heavy atom. The summed E-state index contributed by atoms with van der Waals surface area (Å²) in [4.78, 5) is 0. The van der Waals surface area contributed by atoms with E-state index in [0.717, 1.165) is 65.0 Å². The molecule has 1 nitrogen and oxygen atoms in total. The Kier molecular flexibility index (Phi) is 6.95. The van der Waals surface area contributed by atoms with Gasteiger partial charge in [0.2, 0.25) is 0 Å². The van der Waals surface area contributed by atoms with Gasteiger partial charge < -0.3 is 4.57 Å². The van der Waals surface area contributed by atoms with Crippen molar-refractivity contribution in [3.8, 4) is 22.3 Å². The Balaban J connectivity index is 1.53. The summed E-state index contributed by atoms with van der Waals surface area (Å²) in [7, 11) is -0.228. The number of hydrogen-bond acceptors (Lipinski definition) is 1. The average Bonchev–Trinajstić information content (AvgIpc) is 3.11. The van der Waals surface area contributed by atoms with E-state index < -0.39 is 7.14 Å². The molecule has 214 valence electrons. The fourth-order valence-electron chi connectivity index (χ4n) is 6.72. The second-order valence-electron chi connectivity index (χ2n) is 11.5. The molecule has 0 spiro atoms. The van der Waals surface area contributed by atoms with E-state index in [9.17, 15) is 0 Å². The monoisotopic (exact) mass is 612 g/mol. The van der Waals surface area contributed by atoms with E-state index in [1.165, 1.54) is 10.8 Å². The zero-order chi connectivity index (χ0) is 30.4. The molecule has 0 aliphatic rings. The van der Waals surface area contributed by atoms with Crippen LogP contribution in [0.3, 0.4) is 0 Å². The summed E-state index contributed by atoms with van der Waals surface area (Å²) in [5, 5.41) is 10.5. The van der Waals surface area contributed by atoms with Crippen molar-refractivity contribution >= 4 is 69.9 Å². The molecule has 1 atom stereocenters. The van der Waals surface area contributed by atoms with Crippen LogP contribution in [-0.4, -0.2) is 0 Å². The summed E-state index contributed by atoms with van der Waals surface area (Å²) < 4.78 is 16.0. The number of benzene rings is 8. The third kappa shape index (κ3) is 4.63. The molecule has 0 fully saturated rings. The molecule has 0 saturated carbocycles. The molecule has 3 heteroatoms. The summed E-state index contributed by atoms with van der Waals surface area (Å²) in [6.45, 7) is 0. The van der Waals surface area contributed by atoms with Crippen molar-refractivity contribution in [2.75, 3.05) is 0 Å². The zero-order valence-electron chi connectivity index (χ0n) is 24.6. The first-order chi connectivity index (χ1) is 22.1. The molecular formula is C42H30OP2. The van der Waals surface area contributed by atoms with Crippen molar-refractivity contribution in [2.24, 2.45) is 0 Å². The van der Waals surface area contributed by atoms with Gasteiger partial charge in [0.05, 0.1) is 0 Å². The molecule has 0 radical (unpaired) electrons. The largest absolute Gasteiger partial charge is 0.309 e. The molecule has 0 heterocycles. The quantitative estimate of drug-likeness (QED) is 0.177. The Bertz CT molecular complexity index is 2370. The molecule has 8 aromatic carbocycles. The minimum Gasteiger partial charge on any atom is -0.309 e. The molecule has 0 aromatic heterocycles. The molecule has 0 saturated heterocycles. The maximum atomic E-state index is 16.0. The van der Waals surface area contributed by atoms with E-state index in [0.29, 0.717) is 0 Å². The van der Waals surface area contributed by atoms with Crippen LogP contribution >= 0.6 is 16.4 Å². The molecule has 8 aromatic rings. The lowest BCUT2D eigenvalue weighted by Crippen LogP contribution is -2.27. The van der Waals surface area contributed by atoms with Gasteiger partial charge in [0.25, 0.3) is 0 Å². The highest BCUT2D eigenvalue weighted by Crippen LogP contribution is 2.48. The standard InChI is InChI=1S/C42H30OP2/c43-45(34-17-3-1-4-18-34,35-19-5-2-6-20-35)39-26-25-30-14-9-11-21-36(30)40(39)41-37-22-12-10-16-32(37)28-38(42(41)44)33-24-23-29-13-7-8-15-31(29)27-33/h1-28H,44H2. The second-order valence-corrected chi connectivity index (χ2v) is 14.8. The Morgan fingerprint density at radius 2 is 0.933 bits per heavy atom. The third-order valence-corrected chi connectivity index (χ3v) is 12.6. The van der Waals surface area contributed by atoms with E-state index >= 15 is 4.57 Å². The van der Waals surface area contributed by atoms with Crippen molar-refractivity contribution in [2.45, 2.75) is 0 Å². The van der Waals surface area contributed by atoms with Gasteiger partial charge in [0, 0.05) is 21.5 Å². The summed E-state index contributed by atoms with van der Waals surface area (Å²) in [5.41, 5.74) is 4.42. The van der Waals surface area contributed by atoms with Crippen molar-refractivity contribution < 1.29 is 4.57 Å². The fourth-order valence-corrected chi connectivity index (χ4v) is 10.1. The summed E-state index contributed by atoms with van der Waals surface area (Å²) in [6.07, 6.45) is 0. The summed E-state index contributed by atoms with van der Waals surface area (Å²) in [6, 6.07) is 58.8. The van der Waals surface area contributed by atoms with Gasteiger partial charge in [-0.15, -0.1) is 9.24 Å². The van der Waals surface area contributed by atoms with Crippen LogP contribution in [-0.2, 0) is 4.57 Å². The highest BCUT2D eigenvalue weighted by atomic mass is 31.2. The number of rotatable bonds is 5. The smallest absolute Gasteiger partial charge is 0.171 e. The van der Waals surface area contributed by atoms with Gasteiger partial charge in [-0.05, 0) is 72.5 Å². The van der Waals surface area contributed by atoms with Crippen LogP contribution in [0.1, 0.15) is 0 Å². The van der Waals surface area contributed by atoms with Crippen LogP contribution in [0.2, 0.25) is 0 Å². The van der Waals surface area contributed by atoms with Crippen molar-refractivity contribution in [1.29, 1.82) is 0 Å². The van der Waals surface area contributed by atoms with Gasteiger partial charge >= 0.3 is 0 Å². The van der Waals surface area contributed by atoms with Gasteiger partial charge in [-0.3, -0.25) is 0 Å². The topological polar surface area (TPSA) is 17.1 Å². The predicted octanol–water partition coefficient (Wildman–Crippen LogP) is 9.62. The average molecular weight is 613 g/mol. The Hall–Kier alpha value is -4.80. The lowest BCUT2D eigenvalue weighted by atomic mass is 9.89. The summed E-state index contributed by atoms with van der Waals surface area (Å²) >= 11 is 0. The van der Waals surface area contributed by atoms with Crippen molar-refractivity contribution in [1.82, 2.24) is 0 Å². The van der Waals surface area contributed by atoms with E-state index in [1.54, 1.807) is 0 Å². The van der Waals surface area contributed by atoms with Crippen molar-refractivity contribution in [3.63, 3.8) is 0 Å². The maximum absolute atomic E-state index is 16.0. The van der Waals surface area contributed by atoms with E-state index in [-0.39, 0.29) is 0 Å². The van der Waals surface area contributed by atoms with E-state index in [2.05, 4.69) is 118 Å². The molecule has 0 aliphatic heterocycles. The maximum Gasteiger partial charge on any atom is 0.171 e. The number of hydrogen-bond donors (Lipinski definition) is 0. The zero-order valence-corrected chi connectivity index (χ0v) is 26.6. The van der Waals surface area contributed by atoms with E-state index in [1.807, 2.05) is 60.7 Å². The molecule has 45 heavy (non-hydrogen) atoms. The molecule has 0 aliphatic carbocycles. The normalized spacial score (nSPS) is 11.8. The summed E-state index contributed by atoms with van der Waals surface area (Å²) in [5.74, 6) is 0. The van der Waals surface area contributed by atoms with Crippen LogP contribution < -0.4 is 21.2 Å². The minimum absolute atomic E-state index is 0.827. The first kappa shape index (κ1) is 27.7. The van der Waals surface area contributed by atoms with Gasteiger partial charge in [-0.25, -0.2) is 0 Å². The van der Waals surface area contributed by atoms with Crippen LogP contribution in [0, 0.1) is 0 Å². The Labute approximate surface area is 265 Å². The van der Waals surface area contributed by atoms with Crippen LogP contribution in [0.25, 0.3) is 54.6 Å². The fraction of sp³-hybridized carbons (Fsp3) is 0. The lowest BCUT2D eigenvalue weighted by molar-refractivity contribution is 0.592. The van der Waals surface area contributed by atoms with Crippen molar-refractivity contribution in [3.05, 3.63) is 170 Å². The predicted molar refractivity (Wildman–Crippen MR) is 199 cm³/mol. The van der Waals surface area contributed by atoms with Crippen LogP contribution in [0.5, 0.6) is 0 Å². The van der Waals surface area contributed by atoms with Gasteiger partial charge in [0.1, 0.15) is 0 Å². The molecule has 1 unspecified atom stereocenters. The molecular weight excluding hydrogens is 582 g/mol. The molecule has 0 amide bonds. The number of fused-ring (bicyclic) bond motifs is 3. The highest BCUT2D eigenvalue weighted by molar-refractivity contribution is 7.85. The first-order valence-corrected chi connectivity index (χ1v) is 17.5. The SMILES string of the molecule is O=P(c1ccccc1)(c1ccccc1)c1ccc2ccccc2c1-c1c(P)c(-c2ccc3ccccc3c2)cc2ccccc12. The molecule has 0 N–H and O–H groups in total. The van der Waals surface area contributed by atoms with Gasteiger partial charge in [-0.2, -0.15) is 0 Å². The van der Waals surface area contributed by atoms with E-state index in [4.69, 9.17) is 0 Å². The Morgan fingerprint density at radius 3 is 1.60 bits per heavy atom. The van der Waals surface area contributed by atoms with Crippen LogP contribution in [0.15, 0.2) is 170 Å². The second kappa shape index (κ2) is 11.3. The molecule has 8 rings (SSSR count). The molecule has 0 bridgehead atoms. The third-order valence-electron chi connectivity index (χ3n) is 8.89. The first-order valence-electron chi connectivity index (χ1n) is 15.2. The minimum atomic E-state index is -3.31. The van der Waals surface area contributed by atoms with Gasteiger partial charge in [-0.1, -0.05) is 152 Å². The lowest BCUT2D eigenvalue weighted by Gasteiger charge is -2.26.